The molecule has 0 amide bonds. The van der Waals surface area contributed by atoms with E-state index in [9.17, 15) is 0 Å². The lowest BCUT2D eigenvalue weighted by Gasteiger charge is -1.99. The van der Waals surface area contributed by atoms with Gasteiger partial charge in [0.1, 0.15) is 0 Å². The number of hydrogen-bond acceptors (Lipinski definition) is 4. The van der Waals surface area contributed by atoms with E-state index in [1.165, 1.54) is 0 Å². The lowest BCUT2D eigenvalue weighted by atomic mass is 10.4. The summed E-state index contributed by atoms with van der Waals surface area (Å²) >= 11 is 0. The fraction of sp³-hybridized carbons (Fsp3) is 0. The van der Waals surface area contributed by atoms with E-state index in [1.807, 2.05) is 12.1 Å². The van der Waals surface area contributed by atoms with Crippen molar-refractivity contribution in [2.75, 3.05) is 5.43 Å². The lowest BCUT2D eigenvalue weighted by Crippen LogP contribution is -2.28. The van der Waals surface area contributed by atoms with Gasteiger partial charge in [0, 0.05) is 6.20 Å². The first-order valence-electron chi connectivity index (χ1n) is 2.55. The van der Waals surface area contributed by atoms with Crippen molar-refractivity contribution >= 4 is 5.69 Å². The molecule has 4 nitrogen and oxygen atoms in total. The van der Waals surface area contributed by atoms with Gasteiger partial charge in [-0.2, -0.15) is 5.53 Å². The second-order valence-electron chi connectivity index (χ2n) is 1.51. The average Bonchev–Trinajstić information content (AvgIpc) is 1.91. The number of pyridine rings is 1. The summed E-state index contributed by atoms with van der Waals surface area (Å²) in [6.07, 6.45) is 3.36. The highest BCUT2D eigenvalue weighted by atomic mass is 15.5. The van der Waals surface area contributed by atoms with E-state index >= 15 is 0 Å². The molecule has 1 rings (SSSR count). The Kier molecular flexibility index (Phi) is 2.00. The molecule has 9 heavy (non-hydrogen) atoms. The predicted molar refractivity (Wildman–Crippen MR) is 35.2 cm³/mol. The minimum absolute atomic E-state index is 0.847. The van der Waals surface area contributed by atoms with Crippen molar-refractivity contribution in [2.45, 2.75) is 0 Å². The summed E-state index contributed by atoms with van der Waals surface area (Å²) in [4.78, 5) is 3.85. The van der Waals surface area contributed by atoms with Crippen LogP contribution in [-0.2, 0) is 0 Å². The van der Waals surface area contributed by atoms with Crippen molar-refractivity contribution in [3.63, 3.8) is 0 Å². The van der Waals surface area contributed by atoms with E-state index in [1.54, 1.807) is 12.4 Å². The van der Waals surface area contributed by atoms with Crippen molar-refractivity contribution in [3.05, 3.63) is 24.5 Å². The SMILES string of the molecule is NNNc1cccnc1. The molecule has 0 fully saturated rings. The van der Waals surface area contributed by atoms with Crippen molar-refractivity contribution in [1.29, 1.82) is 0 Å². The molecule has 0 aromatic carbocycles. The largest absolute Gasteiger partial charge is 0.307 e. The number of rotatable bonds is 2. The Bertz CT molecular complexity index is 162. The zero-order valence-corrected chi connectivity index (χ0v) is 4.83. The Hall–Kier alpha value is -1.13. The normalized spacial score (nSPS) is 9.00. The molecule has 0 unspecified atom stereocenters. The van der Waals surface area contributed by atoms with E-state index < -0.39 is 0 Å². The zero-order chi connectivity index (χ0) is 6.53. The van der Waals surface area contributed by atoms with Crippen molar-refractivity contribution in [3.8, 4) is 0 Å². The van der Waals surface area contributed by atoms with Gasteiger partial charge in [-0.05, 0) is 12.1 Å². The maximum Gasteiger partial charge on any atom is 0.0684 e. The summed E-state index contributed by atoms with van der Waals surface area (Å²) in [6.45, 7) is 0. The zero-order valence-electron chi connectivity index (χ0n) is 4.83. The van der Waals surface area contributed by atoms with Crippen LogP contribution in [0.4, 0.5) is 5.69 Å². The summed E-state index contributed by atoms with van der Waals surface area (Å²) in [7, 11) is 0. The monoisotopic (exact) mass is 124 g/mol. The molecule has 0 aliphatic heterocycles. The maximum absolute atomic E-state index is 4.97. The third-order valence-corrected chi connectivity index (χ3v) is 0.878. The van der Waals surface area contributed by atoms with E-state index in [-0.39, 0.29) is 0 Å². The van der Waals surface area contributed by atoms with Crippen LogP contribution in [0, 0.1) is 0 Å². The molecule has 1 aromatic rings. The van der Waals surface area contributed by atoms with Crippen LogP contribution in [0.3, 0.4) is 0 Å². The first-order chi connectivity index (χ1) is 4.43. The summed E-state index contributed by atoms with van der Waals surface area (Å²) in [5.41, 5.74) is 5.81. The molecular weight excluding hydrogens is 116 g/mol. The van der Waals surface area contributed by atoms with Crippen LogP contribution >= 0.6 is 0 Å². The molecule has 0 spiro atoms. The van der Waals surface area contributed by atoms with Gasteiger partial charge in [-0.15, -0.1) is 0 Å². The van der Waals surface area contributed by atoms with Gasteiger partial charge in [-0.1, -0.05) is 0 Å². The standard InChI is InChI=1S/C5H8N4/c6-9-8-5-2-1-3-7-4-5/h1-4,8-9H,6H2. The second kappa shape index (κ2) is 3.01. The molecule has 0 radical (unpaired) electrons. The molecule has 1 aromatic heterocycles. The molecule has 4 heteroatoms. The van der Waals surface area contributed by atoms with Gasteiger partial charge < -0.3 is 5.43 Å². The molecule has 48 valence electrons. The van der Waals surface area contributed by atoms with Gasteiger partial charge in [0.2, 0.25) is 0 Å². The van der Waals surface area contributed by atoms with Crippen LogP contribution in [0.25, 0.3) is 0 Å². The van der Waals surface area contributed by atoms with Crippen LogP contribution in [0.5, 0.6) is 0 Å². The average molecular weight is 124 g/mol. The minimum atomic E-state index is 0.847. The first kappa shape index (κ1) is 6.00. The number of nitrogens with two attached hydrogens (primary N) is 1. The van der Waals surface area contributed by atoms with Gasteiger partial charge >= 0.3 is 0 Å². The highest BCUT2D eigenvalue weighted by Crippen LogP contribution is 1.98. The van der Waals surface area contributed by atoms with E-state index in [2.05, 4.69) is 15.9 Å². The minimum Gasteiger partial charge on any atom is -0.307 e. The fourth-order valence-electron chi connectivity index (χ4n) is 0.520. The summed E-state index contributed by atoms with van der Waals surface area (Å²) in [5.74, 6) is 4.97. The molecule has 4 N–H and O–H groups in total. The topological polar surface area (TPSA) is 63.0 Å². The number of aromatic nitrogens is 1. The maximum atomic E-state index is 4.97. The number of nitrogens with one attached hydrogen (secondary N) is 2. The second-order valence-corrected chi connectivity index (χ2v) is 1.51. The Balaban J connectivity index is 2.61. The molecule has 1 heterocycles. The molecule has 0 saturated carbocycles. The van der Waals surface area contributed by atoms with Crippen LogP contribution in [-0.4, -0.2) is 4.98 Å². The van der Waals surface area contributed by atoms with Crippen molar-refractivity contribution in [2.24, 2.45) is 5.84 Å². The quantitative estimate of drug-likeness (QED) is 0.379. The molecule has 0 aliphatic rings. The van der Waals surface area contributed by atoms with Crippen LogP contribution in [0.15, 0.2) is 24.5 Å². The smallest absolute Gasteiger partial charge is 0.0684 e. The van der Waals surface area contributed by atoms with Gasteiger partial charge in [0.25, 0.3) is 0 Å². The Labute approximate surface area is 53.0 Å². The van der Waals surface area contributed by atoms with Crippen molar-refractivity contribution in [1.82, 2.24) is 10.5 Å². The van der Waals surface area contributed by atoms with Gasteiger partial charge in [-0.25, -0.2) is 0 Å². The number of anilines is 1. The highest BCUT2D eigenvalue weighted by molar-refractivity contribution is 5.37. The Morgan fingerprint density at radius 2 is 2.44 bits per heavy atom. The van der Waals surface area contributed by atoms with Crippen LogP contribution in [0.1, 0.15) is 0 Å². The molecule has 0 aliphatic carbocycles. The summed E-state index contributed by atoms with van der Waals surface area (Å²) < 4.78 is 0. The Morgan fingerprint density at radius 3 is 3.00 bits per heavy atom. The van der Waals surface area contributed by atoms with E-state index in [0.29, 0.717) is 0 Å². The third-order valence-electron chi connectivity index (χ3n) is 0.878. The summed E-state index contributed by atoms with van der Waals surface area (Å²) in [6, 6.07) is 3.67. The number of hydrogen-bond donors (Lipinski definition) is 3. The summed E-state index contributed by atoms with van der Waals surface area (Å²) in [5, 5.41) is 0. The van der Waals surface area contributed by atoms with Gasteiger partial charge in [-0.3, -0.25) is 10.8 Å². The lowest BCUT2D eigenvalue weighted by molar-refractivity contribution is 0.874. The number of hydrazine groups is 2. The number of nitrogens with zero attached hydrogens (tertiary/aromatic N) is 1. The molecule has 0 saturated heterocycles. The van der Waals surface area contributed by atoms with E-state index in [4.69, 9.17) is 5.84 Å². The van der Waals surface area contributed by atoms with Gasteiger partial charge in [0.15, 0.2) is 0 Å². The molecule has 0 atom stereocenters. The van der Waals surface area contributed by atoms with Crippen LogP contribution < -0.4 is 16.8 Å². The van der Waals surface area contributed by atoms with Crippen molar-refractivity contribution < 1.29 is 0 Å². The van der Waals surface area contributed by atoms with Gasteiger partial charge in [0.05, 0.1) is 11.9 Å². The van der Waals surface area contributed by atoms with E-state index in [0.717, 1.165) is 5.69 Å². The third kappa shape index (κ3) is 1.67. The highest BCUT2D eigenvalue weighted by Gasteiger charge is 1.82. The molecule has 0 bridgehead atoms. The fourth-order valence-corrected chi connectivity index (χ4v) is 0.520. The van der Waals surface area contributed by atoms with Crippen LogP contribution in [0.2, 0.25) is 0 Å². The Morgan fingerprint density at radius 1 is 1.56 bits per heavy atom. The predicted octanol–water partition coefficient (Wildman–Crippen LogP) is -0.128. The molecular formula is C5H8N4. The first-order valence-corrected chi connectivity index (χ1v) is 2.55.